The Bertz CT molecular complexity index is 699. The van der Waals surface area contributed by atoms with Crippen LogP contribution in [0.3, 0.4) is 0 Å². The molecule has 0 amide bonds. The summed E-state index contributed by atoms with van der Waals surface area (Å²) in [5, 5.41) is 8.71. The Balaban J connectivity index is 1.80. The maximum Gasteiger partial charge on any atom is 0.115 e. The molecule has 5 nitrogen and oxygen atoms in total. The van der Waals surface area contributed by atoms with Gasteiger partial charge in [-0.1, -0.05) is 30.2 Å². The molecule has 0 N–H and O–H groups in total. The predicted octanol–water partition coefficient (Wildman–Crippen LogP) is 3.75. The molecule has 5 heteroatoms. The molecule has 0 saturated carbocycles. The smallest absolute Gasteiger partial charge is 0.115 e. The van der Waals surface area contributed by atoms with Crippen molar-refractivity contribution in [3.05, 3.63) is 47.3 Å². The van der Waals surface area contributed by atoms with Crippen molar-refractivity contribution in [3.8, 4) is 0 Å². The van der Waals surface area contributed by atoms with Crippen molar-refractivity contribution in [2.75, 3.05) is 0 Å². The largest absolute Gasteiger partial charge is 0.245 e. The van der Waals surface area contributed by atoms with Crippen molar-refractivity contribution in [3.63, 3.8) is 0 Å². The summed E-state index contributed by atoms with van der Waals surface area (Å²) in [6.45, 7) is 9.04. The van der Waals surface area contributed by atoms with E-state index in [-0.39, 0.29) is 11.5 Å². The average molecular weight is 311 g/mol. The van der Waals surface area contributed by atoms with Crippen molar-refractivity contribution >= 4 is 0 Å². The second-order valence-corrected chi connectivity index (χ2v) is 7.17. The Hall–Kier alpha value is -2.04. The van der Waals surface area contributed by atoms with E-state index in [1.54, 1.807) is 12.5 Å². The Kier molecular flexibility index (Phi) is 4.28. The van der Waals surface area contributed by atoms with Gasteiger partial charge in [0.05, 0.1) is 17.4 Å². The first kappa shape index (κ1) is 15.8. The van der Waals surface area contributed by atoms with Gasteiger partial charge in [-0.25, -0.2) is 14.6 Å². The fraction of sp³-hybridized carbons (Fsp3) is 0.556. The predicted molar refractivity (Wildman–Crippen MR) is 89.9 cm³/mol. The second kappa shape index (κ2) is 6.22. The minimum Gasteiger partial charge on any atom is -0.245 e. The highest BCUT2D eigenvalue weighted by Gasteiger charge is 2.29. The van der Waals surface area contributed by atoms with Crippen LogP contribution >= 0.6 is 0 Å². The first-order valence-electron chi connectivity index (χ1n) is 8.33. The molecule has 0 aliphatic heterocycles. The number of nitrogens with zero attached hydrogens (tertiary/aromatic N) is 5. The van der Waals surface area contributed by atoms with Gasteiger partial charge in [-0.2, -0.15) is 0 Å². The Labute approximate surface area is 137 Å². The molecule has 0 radical (unpaired) electrons. The van der Waals surface area contributed by atoms with Gasteiger partial charge in [-0.15, -0.1) is 5.10 Å². The maximum atomic E-state index is 4.39. The molecule has 0 aromatic carbocycles. The average Bonchev–Trinajstić information content (AvgIpc) is 3.00. The molecule has 3 rings (SSSR count). The van der Waals surface area contributed by atoms with Crippen molar-refractivity contribution in [2.24, 2.45) is 5.41 Å². The minimum absolute atomic E-state index is 0.0636. The zero-order chi connectivity index (χ0) is 16.4. The van der Waals surface area contributed by atoms with Crippen LogP contribution in [0, 0.1) is 5.41 Å². The zero-order valence-electron chi connectivity index (χ0n) is 14.5. The summed E-state index contributed by atoms with van der Waals surface area (Å²) >= 11 is 0. The SMILES string of the molecule is CC1=C(Cc2cn([C@H](C)c3ccncn3)nn2)C(C)(C)CCC1. The third-order valence-corrected chi connectivity index (χ3v) is 5.03. The van der Waals surface area contributed by atoms with Gasteiger partial charge in [0.1, 0.15) is 6.33 Å². The van der Waals surface area contributed by atoms with Gasteiger partial charge < -0.3 is 0 Å². The van der Waals surface area contributed by atoms with E-state index in [4.69, 9.17) is 0 Å². The number of hydrogen-bond donors (Lipinski definition) is 0. The van der Waals surface area contributed by atoms with E-state index in [0.717, 1.165) is 17.8 Å². The Morgan fingerprint density at radius 3 is 2.87 bits per heavy atom. The first-order chi connectivity index (χ1) is 11.0. The van der Waals surface area contributed by atoms with Crippen molar-refractivity contribution in [1.29, 1.82) is 0 Å². The van der Waals surface area contributed by atoms with Crippen LogP contribution in [0.25, 0.3) is 0 Å². The summed E-state index contributed by atoms with van der Waals surface area (Å²) in [6.07, 6.45) is 10.0. The molecule has 0 unspecified atom stereocenters. The first-order valence-corrected chi connectivity index (χ1v) is 8.33. The fourth-order valence-electron chi connectivity index (χ4n) is 3.51. The lowest BCUT2D eigenvalue weighted by molar-refractivity contribution is 0.358. The van der Waals surface area contributed by atoms with Gasteiger partial charge in [-0.05, 0) is 44.6 Å². The second-order valence-electron chi connectivity index (χ2n) is 7.17. The van der Waals surface area contributed by atoms with Crippen LogP contribution < -0.4 is 0 Å². The number of hydrogen-bond acceptors (Lipinski definition) is 4. The highest BCUT2D eigenvalue weighted by atomic mass is 15.4. The van der Waals surface area contributed by atoms with E-state index in [0.29, 0.717) is 0 Å². The topological polar surface area (TPSA) is 56.5 Å². The molecule has 1 aliphatic rings. The molecule has 0 spiro atoms. The summed E-state index contributed by atoms with van der Waals surface area (Å²) < 4.78 is 1.89. The lowest BCUT2D eigenvalue weighted by atomic mass is 9.71. The van der Waals surface area contributed by atoms with Gasteiger partial charge in [0.15, 0.2) is 0 Å². The molecule has 122 valence electrons. The zero-order valence-corrected chi connectivity index (χ0v) is 14.5. The van der Waals surface area contributed by atoms with Crippen LogP contribution in [0.2, 0.25) is 0 Å². The summed E-state index contributed by atoms with van der Waals surface area (Å²) in [5.74, 6) is 0. The van der Waals surface area contributed by atoms with Crippen LogP contribution in [-0.2, 0) is 6.42 Å². The van der Waals surface area contributed by atoms with Crippen molar-refractivity contribution in [2.45, 2.75) is 59.4 Å². The van der Waals surface area contributed by atoms with Gasteiger partial charge in [0.2, 0.25) is 0 Å². The van der Waals surface area contributed by atoms with Crippen LogP contribution in [0.15, 0.2) is 35.9 Å². The van der Waals surface area contributed by atoms with Crippen LogP contribution in [0.4, 0.5) is 0 Å². The van der Waals surface area contributed by atoms with E-state index < -0.39 is 0 Å². The monoisotopic (exact) mass is 311 g/mol. The lowest BCUT2D eigenvalue weighted by Gasteiger charge is -2.34. The Morgan fingerprint density at radius 2 is 2.17 bits per heavy atom. The molecule has 0 saturated heterocycles. The molecule has 0 bridgehead atoms. The summed E-state index contributed by atoms with van der Waals surface area (Å²) in [7, 11) is 0. The highest BCUT2D eigenvalue weighted by molar-refractivity contribution is 5.26. The molecule has 23 heavy (non-hydrogen) atoms. The van der Waals surface area contributed by atoms with Gasteiger partial charge in [-0.3, -0.25) is 0 Å². The molecule has 2 aromatic rings. The number of aromatic nitrogens is 5. The lowest BCUT2D eigenvalue weighted by Crippen LogP contribution is -2.22. The highest BCUT2D eigenvalue weighted by Crippen LogP contribution is 2.41. The van der Waals surface area contributed by atoms with Crippen LogP contribution in [0.1, 0.15) is 64.4 Å². The third-order valence-electron chi connectivity index (χ3n) is 5.03. The van der Waals surface area contributed by atoms with Gasteiger partial charge in [0.25, 0.3) is 0 Å². The third kappa shape index (κ3) is 3.33. The molecular formula is C18H25N5. The maximum absolute atomic E-state index is 4.39. The van der Waals surface area contributed by atoms with Gasteiger partial charge in [0, 0.05) is 18.8 Å². The van der Waals surface area contributed by atoms with E-state index in [1.807, 2.05) is 10.7 Å². The van der Waals surface area contributed by atoms with Crippen molar-refractivity contribution in [1.82, 2.24) is 25.0 Å². The van der Waals surface area contributed by atoms with Gasteiger partial charge >= 0.3 is 0 Å². The summed E-state index contributed by atoms with van der Waals surface area (Å²) in [4.78, 5) is 8.27. The van der Waals surface area contributed by atoms with E-state index in [1.165, 1.54) is 30.4 Å². The minimum atomic E-state index is 0.0636. The van der Waals surface area contributed by atoms with Crippen LogP contribution in [0.5, 0.6) is 0 Å². The summed E-state index contributed by atoms with van der Waals surface area (Å²) in [6, 6.07) is 1.98. The number of allylic oxidation sites excluding steroid dienone is 2. The van der Waals surface area contributed by atoms with E-state index in [9.17, 15) is 0 Å². The van der Waals surface area contributed by atoms with Crippen molar-refractivity contribution < 1.29 is 0 Å². The number of rotatable bonds is 4. The molecular weight excluding hydrogens is 286 g/mol. The molecule has 0 fully saturated rings. The molecule has 2 aromatic heterocycles. The molecule has 1 atom stereocenters. The normalized spacial score (nSPS) is 19.0. The fourth-order valence-corrected chi connectivity index (χ4v) is 3.51. The molecule has 1 aliphatic carbocycles. The van der Waals surface area contributed by atoms with Crippen LogP contribution in [-0.4, -0.2) is 25.0 Å². The van der Waals surface area contributed by atoms with E-state index in [2.05, 4.69) is 54.2 Å². The standard InChI is InChI=1S/C18H25N5/c1-13-6-5-8-18(3,4)16(13)10-15-11-23(22-21-15)14(2)17-7-9-19-12-20-17/h7,9,11-12,14H,5-6,8,10H2,1-4H3/t14-/m1/s1. The molecule has 2 heterocycles. The Morgan fingerprint density at radius 1 is 1.35 bits per heavy atom. The quantitative estimate of drug-likeness (QED) is 0.807. The van der Waals surface area contributed by atoms with E-state index >= 15 is 0 Å². The summed E-state index contributed by atoms with van der Waals surface area (Å²) in [5.41, 5.74) is 5.31.